The molecule has 3 aromatic rings. The van der Waals surface area contributed by atoms with Gasteiger partial charge in [-0.2, -0.15) is 0 Å². The third-order valence-corrected chi connectivity index (χ3v) is 9.03. The molecule has 0 aromatic heterocycles. The number of nitrogens with zero attached hydrogens (tertiary/aromatic N) is 1. The molecular weight excluding hydrogens is 499 g/mol. The maximum absolute atomic E-state index is 14.0. The van der Waals surface area contributed by atoms with Crippen molar-refractivity contribution < 1.29 is 19.1 Å². The highest BCUT2D eigenvalue weighted by atomic mass is 35.5. The summed E-state index contributed by atoms with van der Waals surface area (Å²) in [7, 11) is 1.55. The van der Waals surface area contributed by atoms with E-state index in [1.54, 1.807) is 31.4 Å². The number of hydrogen-bond donors (Lipinski definition) is 1. The van der Waals surface area contributed by atoms with Gasteiger partial charge >= 0.3 is 0 Å². The number of benzene rings is 3. The Balaban J connectivity index is 1.42. The van der Waals surface area contributed by atoms with E-state index in [2.05, 4.69) is 5.32 Å². The lowest BCUT2D eigenvalue weighted by Gasteiger charge is -2.54. The fourth-order valence-corrected chi connectivity index (χ4v) is 7.21. The van der Waals surface area contributed by atoms with E-state index >= 15 is 0 Å². The van der Waals surface area contributed by atoms with Crippen LogP contribution in [0.5, 0.6) is 5.75 Å². The molecule has 1 aliphatic heterocycles. The van der Waals surface area contributed by atoms with E-state index in [0.717, 1.165) is 27.2 Å². The highest BCUT2D eigenvalue weighted by Gasteiger charge is 2.73. The number of amides is 3. The molecule has 36 heavy (non-hydrogen) atoms. The Kier molecular flexibility index (Phi) is 5.01. The van der Waals surface area contributed by atoms with Crippen molar-refractivity contribution in [3.63, 3.8) is 0 Å². The molecule has 6 nitrogen and oxygen atoms in total. The molecule has 8 heteroatoms. The smallest absolute Gasteiger partial charge is 0.247 e. The van der Waals surface area contributed by atoms with E-state index in [1.807, 2.05) is 48.5 Å². The number of nitrogens with one attached hydrogen (secondary N) is 1. The average Bonchev–Trinajstić information content (AvgIpc) is 3.18. The summed E-state index contributed by atoms with van der Waals surface area (Å²) >= 11 is 14.8. The van der Waals surface area contributed by atoms with Crippen LogP contribution in [-0.2, 0) is 24.1 Å². The molecule has 4 aliphatic rings. The number of ether oxygens (including phenoxy) is 1. The number of rotatable bonds is 4. The number of hydrogen-bond acceptors (Lipinski definition) is 4. The number of anilines is 1. The first-order chi connectivity index (χ1) is 17.2. The van der Waals surface area contributed by atoms with E-state index in [1.165, 1.54) is 6.92 Å². The van der Waals surface area contributed by atoms with Crippen LogP contribution < -0.4 is 10.1 Å². The van der Waals surface area contributed by atoms with Gasteiger partial charge in [0.2, 0.25) is 17.7 Å². The largest absolute Gasteiger partial charge is 0.497 e. The van der Waals surface area contributed by atoms with Gasteiger partial charge in [0, 0.05) is 5.69 Å². The summed E-state index contributed by atoms with van der Waals surface area (Å²) in [4.78, 5) is 39.6. The summed E-state index contributed by atoms with van der Waals surface area (Å²) in [6.07, 6.45) is 0. The lowest BCUT2D eigenvalue weighted by molar-refractivity contribution is -0.146. The third-order valence-electron chi connectivity index (χ3n) is 7.74. The quantitative estimate of drug-likeness (QED) is 0.402. The summed E-state index contributed by atoms with van der Waals surface area (Å²) < 4.78 is 5.15. The van der Waals surface area contributed by atoms with Crippen molar-refractivity contribution in [1.29, 1.82) is 0 Å². The number of carbonyl (C=O) groups is 3. The molecule has 1 saturated heterocycles. The maximum atomic E-state index is 14.0. The number of methoxy groups -OCH3 is 1. The van der Waals surface area contributed by atoms with Gasteiger partial charge < -0.3 is 10.1 Å². The van der Waals surface area contributed by atoms with Gasteiger partial charge in [0.1, 0.15) is 21.5 Å². The maximum Gasteiger partial charge on any atom is 0.247 e. The average molecular weight is 521 g/mol. The normalized spacial score (nSPS) is 28.3. The van der Waals surface area contributed by atoms with Crippen LogP contribution in [0.1, 0.15) is 29.2 Å². The molecule has 2 bridgehead atoms. The second-order valence-electron chi connectivity index (χ2n) is 9.41. The van der Waals surface area contributed by atoms with Crippen LogP contribution in [0.2, 0.25) is 0 Å². The molecule has 0 unspecified atom stereocenters. The van der Waals surface area contributed by atoms with E-state index < -0.39 is 45.3 Å². The van der Waals surface area contributed by atoms with Crippen molar-refractivity contribution >= 4 is 46.6 Å². The molecule has 0 saturated carbocycles. The number of likely N-dealkylation sites (tertiary alicyclic amines) is 1. The zero-order chi connectivity index (χ0) is 25.4. The van der Waals surface area contributed by atoms with Crippen LogP contribution in [0.4, 0.5) is 5.69 Å². The van der Waals surface area contributed by atoms with Crippen LogP contribution in [0, 0.1) is 11.8 Å². The van der Waals surface area contributed by atoms with Crippen LogP contribution in [0.25, 0.3) is 0 Å². The molecule has 1 fully saturated rings. The van der Waals surface area contributed by atoms with Gasteiger partial charge in [-0.15, -0.1) is 23.2 Å². The molecule has 182 valence electrons. The predicted molar refractivity (Wildman–Crippen MR) is 136 cm³/mol. The fraction of sp³-hybridized carbons (Fsp3) is 0.250. The van der Waals surface area contributed by atoms with Crippen molar-refractivity contribution in [3.8, 4) is 5.75 Å². The van der Waals surface area contributed by atoms with Crippen molar-refractivity contribution in [3.05, 3.63) is 95.1 Å². The molecule has 0 radical (unpaired) electrons. The first kappa shape index (κ1) is 23.1. The second-order valence-corrected chi connectivity index (χ2v) is 10.6. The first-order valence-electron chi connectivity index (χ1n) is 11.6. The Morgan fingerprint density at radius 1 is 0.833 bits per heavy atom. The monoisotopic (exact) mass is 520 g/mol. The zero-order valence-electron chi connectivity index (χ0n) is 19.5. The number of halogens is 2. The molecule has 7 rings (SSSR count). The van der Waals surface area contributed by atoms with Gasteiger partial charge in [0.25, 0.3) is 0 Å². The van der Waals surface area contributed by atoms with Crippen molar-refractivity contribution in [2.45, 2.75) is 22.7 Å². The minimum absolute atomic E-state index is 0.491. The summed E-state index contributed by atoms with van der Waals surface area (Å²) in [6, 6.07) is 20.6. The first-order valence-corrected chi connectivity index (χ1v) is 12.4. The Morgan fingerprint density at radius 2 is 1.25 bits per heavy atom. The zero-order valence-corrected chi connectivity index (χ0v) is 21.0. The van der Waals surface area contributed by atoms with Crippen molar-refractivity contribution in [1.82, 2.24) is 4.90 Å². The molecule has 1 heterocycles. The molecule has 0 spiro atoms. The molecule has 1 N–H and O–H groups in total. The Morgan fingerprint density at radius 3 is 1.64 bits per heavy atom. The summed E-state index contributed by atoms with van der Waals surface area (Å²) in [5, 5.41) is 2.78. The highest BCUT2D eigenvalue weighted by molar-refractivity contribution is 6.36. The van der Waals surface area contributed by atoms with Gasteiger partial charge in [-0.05, 0) is 53.4 Å². The highest BCUT2D eigenvalue weighted by Crippen LogP contribution is 2.69. The van der Waals surface area contributed by atoms with E-state index in [9.17, 15) is 14.4 Å². The topological polar surface area (TPSA) is 75.7 Å². The Labute approximate surface area is 218 Å². The van der Waals surface area contributed by atoms with E-state index in [-0.39, 0.29) is 0 Å². The minimum atomic E-state index is -1.28. The number of carbonyl (C=O) groups excluding carboxylic acids is 3. The minimum Gasteiger partial charge on any atom is -0.497 e. The number of alkyl halides is 2. The number of imide groups is 1. The van der Waals surface area contributed by atoms with Gasteiger partial charge in [0.05, 0.1) is 18.9 Å². The molecule has 3 atom stereocenters. The van der Waals surface area contributed by atoms with E-state index in [4.69, 9.17) is 27.9 Å². The van der Waals surface area contributed by atoms with E-state index in [0.29, 0.717) is 11.4 Å². The van der Waals surface area contributed by atoms with Gasteiger partial charge in [-0.25, -0.2) is 0 Å². The Hall–Kier alpha value is -3.35. The summed E-state index contributed by atoms with van der Waals surface area (Å²) in [5.41, 5.74) is 3.41. The van der Waals surface area contributed by atoms with Gasteiger partial charge in [-0.3, -0.25) is 19.3 Å². The molecule has 3 amide bonds. The van der Waals surface area contributed by atoms with Crippen LogP contribution in [-0.4, -0.2) is 35.8 Å². The van der Waals surface area contributed by atoms with Gasteiger partial charge in [0.15, 0.2) is 0 Å². The van der Waals surface area contributed by atoms with Crippen LogP contribution >= 0.6 is 23.2 Å². The van der Waals surface area contributed by atoms with Gasteiger partial charge in [-0.1, -0.05) is 48.5 Å². The summed E-state index contributed by atoms with van der Waals surface area (Å²) in [6.45, 7) is 1.54. The SMILES string of the molecule is COc1ccc(NC(=O)[C@H](C)N2C(=O)[C@H]3[C@H](C2=O)C2(Cl)c4ccccc4C3(Cl)c3ccccc32)cc1. The molecular formula is C28H22Cl2N2O4. The van der Waals surface area contributed by atoms with Crippen LogP contribution in [0.15, 0.2) is 72.8 Å². The molecule has 3 aliphatic carbocycles. The lowest BCUT2D eigenvalue weighted by Crippen LogP contribution is -2.57. The molecule has 3 aromatic carbocycles. The Bertz CT molecular complexity index is 1320. The van der Waals surface area contributed by atoms with Crippen molar-refractivity contribution in [2.75, 3.05) is 12.4 Å². The lowest BCUT2D eigenvalue weighted by atomic mass is 9.54. The van der Waals surface area contributed by atoms with Crippen molar-refractivity contribution in [2.24, 2.45) is 11.8 Å². The fourth-order valence-electron chi connectivity index (χ4n) is 6.11. The predicted octanol–water partition coefficient (Wildman–Crippen LogP) is 4.62. The summed E-state index contributed by atoms with van der Waals surface area (Å²) in [5.74, 6) is -2.71. The third kappa shape index (κ3) is 2.77. The standard InChI is InChI=1S/C28H22Cl2N2O4/c1-15(24(33)31-16-11-13-17(36-2)14-12-16)32-25(34)22-23(26(32)35)28(30)19-8-4-3-7-18(19)27(22,29)20-9-5-6-10-21(20)28/h3-15,22-23H,1-2H3,(H,31,33)/t15-,22+,23+,27?,28?/m0/s1. The second kappa shape index (κ2) is 7.82. The van der Waals surface area contributed by atoms with Crippen LogP contribution in [0.3, 0.4) is 0 Å².